The predicted molar refractivity (Wildman–Crippen MR) is 162 cm³/mol. The van der Waals surface area contributed by atoms with Crippen LogP contribution < -0.4 is 15.5 Å². The van der Waals surface area contributed by atoms with Gasteiger partial charge in [-0.3, -0.25) is 4.90 Å². The third-order valence-electron chi connectivity index (χ3n) is 9.94. The molecule has 9 heteroatoms. The number of carbonyl (C=O) groups excluding carboxylic acids is 1. The van der Waals surface area contributed by atoms with Gasteiger partial charge in [-0.1, -0.05) is 43.6 Å². The Morgan fingerprint density at radius 1 is 1.32 bits per heavy atom. The number of ether oxygens (including phenoxy) is 1. The van der Waals surface area contributed by atoms with E-state index in [4.69, 9.17) is 10.5 Å². The van der Waals surface area contributed by atoms with Crippen LogP contribution in [0.2, 0.25) is 0 Å². The molecule has 1 aliphatic heterocycles. The van der Waals surface area contributed by atoms with Crippen LogP contribution in [0.25, 0.3) is 0 Å². The Kier molecular flexibility index (Phi) is 8.17. The minimum absolute atomic E-state index is 0.0984. The number of carbonyl (C=O) groups is 1. The van der Waals surface area contributed by atoms with Crippen molar-refractivity contribution in [3.05, 3.63) is 51.6 Å². The Morgan fingerprint density at radius 3 is 2.88 bits per heavy atom. The van der Waals surface area contributed by atoms with Gasteiger partial charge in [0.05, 0.1) is 7.05 Å². The van der Waals surface area contributed by atoms with Crippen molar-refractivity contribution in [1.29, 1.82) is 0 Å². The number of hydrogen-bond acceptors (Lipinski definition) is 6. The molecule has 2 aromatic heterocycles. The molecule has 1 unspecified atom stereocenters. The number of nitrogens with zero attached hydrogens (tertiary/aromatic N) is 3. The molecule has 0 saturated heterocycles. The number of allylic oxidation sites excluding steroid dienone is 2. The molecule has 3 aliphatic rings. The van der Waals surface area contributed by atoms with Gasteiger partial charge in [0.15, 0.2) is 18.2 Å². The number of nitrogen functional groups attached to an aromatic ring is 1. The molecule has 0 spiro atoms. The quantitative estimate of drug-likeness (QED) is 0.266. The van der Waals surface area contributed by atoms with E-state index < -0.39 is 0 Å². The molecule has 0 fully saturated rings. The van der Waals surface area contributed by atoms with E-state index in [9.17, 15) is 4.79 Å². The number of aromatic nitrogens is 3. The summed E-state index contributed by atoms with van der Waals surface area (Å²) in [5.41, 5.74) is 12.3. The van der Waals surface area contributed by atoms with E-state index in [0.717, 1.165) is 67.7 Å². The predicted octanol–water partition coefficient (Wildman–Crippen LogP) is 5.58. The molecule has 4 N–H and O–H groups in total. The van der Waals surface area contributed by atoms with Crippen molar-refractivity contribution in [2.24, 2.45) is 16.7 Å². The molecule has 5 rings (SSSR count). The number of halogens is 1. The zero-order valence-corrected chi connectivity index (χ0v) is 26.2. The molecule has 0 amide bonds. The summed E-state index contributed by atoms with van der Waals surface area (Å²) in [6.45, 7) is 11.6. The molecular weight excluding hydrogens is 568 g/mol. The maximum absolute atomic E-state index is 12.7. The fourth-order valence-electron chi connectivity index (χ4n) is 7.16. The number of quaternary nitrogens is 1. The van der Waals surface area contributed by atoms with Gasteiger partial charge in [0.2, 0.25) is 0 Å². The zero-order valence-electron chi connectivity index (χ0n) is 24.6. The molecular formula is C31H44BrN6O2+. The van der Waals surface area contributed by atoms with E-state index in [2.05, 4.69) is 76.6 Å². The molecule has 2 aromatic rings. The highest BCUT2D eigenvalue weighted by Crippen LogP contribution is 2.57. The SMILES string of the molecule is C/C(=C\CN1C[NH+](C)c2ncnc(N)c21)CC[C@@]1(C)C2=C(CC[C@@H]1C)[C@](C)(COC(=O)c1cc(Br)c[nH]1)CCC2. The van der Waals surface area contributed by atoms with E-state index in [1.807, 2.05) is 0 Å². The van der Waals surface area contributed by atoms with Crippen LogP contribution >= 0.6 is 15.9 Å². The average Bonchev–Trinajstić information content (AvgIpc) is 3.51. The van der Waals surface area contributed by atoms with Gasteiger partial charge in [0.25, 0.3) is 5.82 Å². The Bertz CT molecular complexity index is 1330. The number of hydrogen-bond donors (Lipinski definition) is 3. The number of rotatable bonds is 8. The van der Waals surface area contributed by atoms with Crippen molar-refractivity contribution in [2.75, 3.05) is 37.5 Å². The second-order valence-corrected chi connectivity index (χ2v) is 13.6. The van der Waals surface area contributed by atoms with Gasteiger partial charge < -0.3 is 20.4 Å². The lowest BCUT2D eigenvalue weighted by molar-refractivity contribution is -0.805. The maximum atomic E-state index is 12.7. The lowest BCUT2D eigenvalue weighted by atomic mass is 9.55. The van der Waals surface area contributed by atoms with E-state index in [1.165, 1.54) is 16.9 Å². The molecule has 8 nitrogen and oxygen atoms in total. The highest BCUT2D eigenvalue weighted by Gasteiger charge is 2.46. The normalized spacial score (nSPS) is 28.4. The molecule has 216 valence electrons. The van der Waals surface area contributed by atoms with Crippen molar-refractivity contribution in [2.45, 2.75) is 72.6 Å². The Hall–Kier alpha value is -2.65. The third kappa shape index (κ3) is 5.47. The van der Waals surface area contributed by atoms with Crippen LogP contribution in [0.5, 0.6) is 0 Å². The lowest BCUT2D eigenvalue weighted by Gasteiger charge is -2.50. The topological polar surface area (TPSA) is 102 Å². The number of anilines is 2. The minimum Gasteiger partial charge on any atom is -0.460 e. The second kappa shape index (κ2) is 11.3. The fraction of sp³-hybridized carbons (Fsp3) is 0.581. The molecule has 0 radical (unpaired) electrons. The Morgan fingerprint density at radius 2 is 2.12 bits per heavy atom. The summed E-state index contributed by atoms with van der Waals surface area (Å²) in [6.07, 6.45) is 13.5. The van der Waals surface area contributed by atoms with Gasteiger partial charge in [-0.2, -0.15) is 4.98 Å². The first-order valence-electron chi connectivity index (χ1n) is 14.6. The van der Waals surface area contributed by atoms with Gasteiger partial charge in [0.1, 0.15) is 18.6 Å². The van der Waals surface area contributed by atoms with Crippen LogP contribution in [0.1, 0.15) is 83.1 Å². The van der Waals surface area contributed by atoms with Crippen molar-refractivity contribution < 1.29 is 14.4 Å². The maximum Gasteiger partial charge on any atom is 0.354 e. The number of esters is 1. The highest BCUT2D eigenvalue weighted by molar-refractivity contribution is 9.10. The first-order chi connectivity index (χ1) is 19.0. The fourth-order valence-corrected chi connectivity index (χ4v) is 7.51. The van der Waals surface area contributed by atoms with Crippen LogP contribution in [-0.4, -0.2) is 47.8 Å². The second-order valence-electron chi connectivity index (χ2n) is 12.7. The number of aromatic amines is 1. The van der Waals surface area contributed by atoms with Crippen LogP contribution in [-0.2, 0) is 4.74 Å². The monoisotopic (exact) mass is 611 g/mol. The van der Waals surface area contributed by atoms with E-state index in [-0.39, 0.29) is 16.8 Å². The Balaban J connectivity index is 1.28. The summed E-state index contributed by atoms with van der Waals surface area (Å²) in [5.74, 6) is 1.88. The van der Waals surface area contributed by atoms with Gasteiger partial charge in [-0.05, 0) is 85.2 Å². The van der Waals surface area contributed by atoms with Crippen LogP contribution in [0.4, 0.5) is 17.3 Å². The third-order valence-corrected chi connectivity index (χ3v) is 10.4. The van der Waals surface area contributed by atoms with E-state index in [0.29, 0.717) is 24.0 Å². The molecule has 3 heterocycles. The smallest absolute Gasteiger partial charge is 0.354 e. The van der Waals surface area contributed by atoms with Crippen LogP contribution in [0.15, 0.2) is 45.9 Å². The molecule has 2 aliphatic carbocycles. The zero-order chi connectivity index (χ0) is 28.7. The standard InChI is InChI=1S/C31H43BrN6O2/c1-20(11-14-38-19-37(5)28-26(38)27(33)35-18-36-28)10-13-31(4)21(2)8-9-23-24(31)7-6-12-30(23,3)17-40-29(39)25-15-22(32)16-34-25/h11,15-16,18,21,34H,6-10,12-14,17,19H2,1-5H3,(H2,33,35,36)/p+1/b20-11+/t21-,30-,31+/m0/s1. The molecule has 0 bridgehead atoms. The summed E-state index contributed by atoms with van der Waals surface area (Å²) in [4.78, 5) is 27.9. The Labute approximate surface area is 246 Å². The van der Waals surface area contributed by atoms with Crippen LogP contribution in [0.3, 0.4) is 0 Å². The van der Waals surface area contributed by atoms with Gasteiger partial charge in [-0.15, -0.1) is 0 Å². The first kappa shape index (κ1) is 28.9. The first-order valence-corrected chi connectivity index (χ1v) is 15.4. The van der Waals surface area contributed by atoms with Gasteiger partial charge >= 0.3 is 5.97 Å². The minimum atomic E-state index is -0.283. The summed E-state index contributed by atoms with van der Waals surface area (Å²) in [6, 6.07) is 1.77. The summed E-state index contributed by atoms with van der Waals surface area (Å²) in [5, 5.41) is 0. The number of fused-ring (bicyclic) bond motifs is 1. The highest BCUT2D eigenvalue weighted by atomic mass is 79.9. The number of nitrogens with one attached hydrogen (secondary N) is 2. The van der Waals surface area contributed by atoms with Crippen molar-refractivity contribution in [3.63, 3.8) is 0 Å². The summed E-state index contributed by atoms with van der Waals surface area (Å²) in [7, 11) is 2.12. The molecule has 0 aromatic carbocycles. The van der Waals surface area contributed by atoms with Crippen molar-refractivity contribution in [3.8, 4) is 0 Å². The number of nitrogens with two attached hydrogens (primary N) is 1. The molecule has 40 heavy (non-hydrogen) atoms. The van der Waals surface area contributed by atoms with Crippen LogP contribution in [0, 0.1) is 16.7 Å². The van der Waals surface area contributed by atoms with Crippen molar-refractivity contribution in [1.82, 2.24) is 15.0 Å². The molecule has 4 atom stereocenters. The lowest BCUT2D eigenvalue weighted by Crippen LogP contribution is -3.03. The largest absolute Gasteiger partial charge is 0.460 e. The average molecular weight is 613 g/mol. The van der Waals surface area contributed by atoms with Gasteiger partial charge in [0, 0.05) is 22.6 Å². The van der Waals surface area contributed by atoms with E-state index in [1.54, 1.807) is 29.7 Å². The summed E-state index contributed by atoms with van der Waals surface area (Å²) < 4.78 is 6.74. The number of H-pyrrole nitrogens is 1. The van der Waals surface area contributed by atoms with Crippen molar-refractivity contribution >= 4 is 39.2 Å². The summed E-state index contributed by atoms with van der Waals surface area (Å²) >= 11 is 3.40. The van der Waals surface area contributed by atoms with Gasteiger partial charge in [-0.25, -0.2) is 9.78 Å². The van der Waals surface area contributed by atoms with E-state index >= 15 is 0 Å². The molecule has 0 saturated carbocycles.